The predicted octanol–water partition coefficient (Wildman–Crippen LogP) is 3.85. The quantitative estimate of drug-likeness (QED) is 0.480. The number of aromatic nitrogens is 2. The summed E-state index contributed by atoms with van der Waals surface area (Å²) in [7, 11) is 0. The van der Waals surface area contributed by atoms with Gasteiger partial charge in [0.15, 0.2) is 4.96 Å². The fourth-order valence-corrected chi connectivity index (χ4v) is 4.21. The maximum absolute atomic E-state index is 12.9. The Balaban J connectivity index is 1.45. The Bertz CT molecular complexity index is 1260. The van der Waals surface area contributed by atoms with Crippen molar-refractivity contribution in [2.24, 2.45) is 0 Å². The molecular formula is C24H23N3O3S. The minimum atomic E-state index is -0.456. The van der Waals surface area contributed by atoms with Crippen LogP contribution >= 0.6 is 11.3 Å². The van der Waals surface area contributed by atoms with E-state index >= 15 is 0 Å². The van der Waals surface area contributed by atoms with Gasteiger partial charge in [-0.15, -0.1) is 11.3 Å². The topological polar surface area (TPSA) is 72.7 Å². The molecule has 6 nitrogen and oxygen atoms in total. The van der Waals surface area contributed by atoms with Crippen molar-refractivity contribution < 1.29 is 9.53 Å². The summed E-state index contributed by atoms with van der Waals surface area (Å²) in [6, 6.07) is 17.5. The zero-order valence-corrected chi connectivity index (χ0v) is 18.2. The summed E-state index contributed by atoms with van der Waals surface area (Å²) in [5.74, 6) is 0.288. The lowest BCUT2D eigenvalue weighted by Crippen LogP contribution is -2.39. The second-order valence-electron chi connectivity index (χ2n) is 7.49. The molecular weight excluding hydrogens is 410 g/mol. The van der Waals surface area contributed by atoms with Crippen LogP contribution in [0, 0.1) is 6.92 Å². The summed E-state index contributed by atoms with van der Waals surface area (Å²) in [5.41, 5.74) is 1.90. The number of nitrogens with zero attached hydrogens (tertiary/aromatic N) is 2. The Morgan fingerprint density at radius 3 is 2.77 bits per heavy atom. The van der Waals surface area contributed by atoms with Gasteiger partial charge in [0.25, 0.3) is 11.5 Å². The highest BCUT2D eigenvalue weighted by molar-refractivity contribution is 7.17. The van der Waals surface area contributed by atoms with Gasteiger partial charge in [0.2, 0.25) is 0 Å². The number of thiazole rings is 1. The van der Waals surface area contributed by atoms with Gasteiger partial charge < -0.3 is 10.1 Å². The number of hydrogen-bond acceptors (Lipinski definition) is 5. The van der Waals surface area contributed by atoms with E-state index in [4.69, 9.17) is 4.74 Å². The highest BCUT2D eigenvalue weighted by Crippen LogP contribution is 2.18. The van der Waals surface area contributed by atoms with Crippen molar-refractivity contribution >= 4 is 22.2 Å². The summed E-state index contributed by atoms with van der Waals surface area (Å²) >= 11 is 1.45. The molecule has 0 bridgehead atoms. The number of hydrogen-bond donors (Lipinski definition) is 1. The first-order valence-corrected chi connectivity index (χ1v) is 10.9. The van der Waals surface area contributed by atoms with Crippen LogP contribution in [0.2, 0.25) is 0 Å². The van der Waals surface area contributed by atoms with Crippen molar-refractivity contribution in [1.82, 2.24) is 14.7 Å². The van der Waals surface area contributed by atoms with Crippen molar-refractivity contribution in [2.45, 2.75) is 26.3 Å². The van der Waals surface area contributed by atoms with Crippen molar-refractivity contribution in [2.75, 3.05) is 6.61 Å². The van der Waals surface area contributed by atoms with E-state index in [0.29, 0.717) is 18.0 Å². The molecule has 0 radical (unpaired) electrons. The Kier molecular flexibility index (Phi) is 6.13. The number of carbonyl (C=O) groups excluding carboxylic acids is 1. The third kappa shape index (κ3) is 5.00. The molecule has 2 aromatic heterocycles. The molecule has 4 aromatic rings. The largest absolute Gasteiger partial charge is 0.491 e. The number of nitrogens with one attached hydrogen (secondary N) is 1. The minimum Gasteiger partial charge on any atom is -0.491 e. The molecule has 7 heteroatoms. The van der Waals surface area contributed by atoms with Gasteiger partial charge in [-0.25, -0.2) is 4.98 Å². The second kappa shape index (κ2) is 9.14. The molecule has 0 aliphatic carbocycles. The minimum absolute atomic E-state index is 0.0176. The molecule has 0 fully saturated rings. The van der Waals surface area contributed by atoms with Crippen LogP contribution in [-0.2, 0) is 6.42 Å². The van der Waals surface area contributed by atoms with E-state index in [2.05, 4.69) is 10.3 Å². The highest BCUT2D eigenvalue weighted by Gasteiger charge is 2.17. The summed E-state index contributed by atoms with van der Waals surface area (Å²) in [6.07, 6.45) is 3.83. The predicted molar refractivity (Wildman–Crippen MR) is 122 cm³/mol. The maximum Gasteiger partial charge on any atom is 0.271 e. The average Bonchev–Trinajstić information content (AvgIpc) is 3.17. The number of benzene rings is 2. The van der Waals surface area contributed by atoms with Gasteiger partial charge in [0.1, 0.15) is 17.9 Å². The van der Waals surface area contributed by atoms with Crippen molar-refractivity contribution in [1.29, 1.82) is 0 Å². The Labute approximate surface area is 184 Å². The Morgan fingerprint density at radius 2 is 2.00 bits per heavy atom. The van der Waals surface area contributed by atoms with Crippen LogP contribution in [0.3, 0.4) is 0 Å². The van der Waals surface area contributed by atoms with E-state index < -0.39 is 5.91 Å². The fraction of sp³-hybridized carbons (Fsp3) is 0.208. The lowest BCUT2D eigenvalue weighted by atomic mass is 10.1. The molecule has 2 aromatic carbocycles. The molecule has 4 rings (SSSR count). The smallest absolute Gasteiger partial charge is 0.271 e. The van der Waals surface area contributed by atoms with Crippen LogP contribution in [0.15, 0.2) is 71.8 Å². The van der Waals surface area contributed by atoms with Gasteiger partial charge in [0.05, 0.1) is 6.04 Å². The molecule has 31 heavy (non-hydrogen) atoms. The number of amides is 1. The number of aryl methyl sites for hydroxylation is 1. The first-order valence-electron chi connectivity index (χ1n) is 10.0. The molecule has 0 saturated heterocycles. The maximum atomic E-state index is 12.9. The van der Waals surface area contributed by atoms with Gasteiger partial charge in [0, 0.05) is 23.7 Å². The normalized spacial score (nSPS) is 11.9. The second-order valence-corrected chi connectivity index (χ2v) is 8.59. The van der Waals surface area contributed by atoms with E-state index in [-0.39, 0.29) is 17.2 Å². The van der Waals surface area contributed by atoms with Crippen molar-refractivity contribution in [3.8, 4) is 5.75 Å². The SMILES string of the molecule is Cc1cccc(OCC(C)NC(=O)c2cnc3sc(Cc4ccccc4)cn3c2=O)c1. The molecule has 1 N–H and O–H groups in total. The van der Waals surface area contributed by atoms with E-state index in [0.717, 1.165) is 21.8 Å². The molecule has 158 valence electrons. The molecule has 1 atom stereocenters. The summed E-state index contributed by atoms with van der Waals surface area (Å²) in [6.45, 7) is 4.12. The van der Waals surface area contributed by atoms with Gasteiger partial charge in [-0.2, -0.15) is 0 Å². The zero-order chi connectivity index (χ0) is 21.8. The van der Waals surface area contributed by atoms with Crippen LogP contribution in [0.4, 0.5) is 0 Å². The lowest BCUT2D eigenvalue weighted by molar-refractivity contribution is 0.0924. The summed E-state index contributed by atoms with van der Waals surface area (Å²) < 4.78 is 7.18. The number of ether oxygens (including phenoxy) is 1. The molecule has 0 spiro atoms. The highest BCUT2D eigenvalue weighted by atomic mass is 32.1. The molecule has 0 aliphatic rings. The summed E-state index contributed by atoms with van der Waals surface area (Å²) in [5, 5.41) is 2.82. The van der Waals surface area contributed by atoms with Gasteiger partial charge in [-0.05, 0) is 37.1 Å². The number of carbonyl (C=O) groups is 1. The monoisotopic (exact) mass is 433 g/mol. The van der Waals surface area contributed by atoms with E-state index in [1.165, 1.54) is 21.9 Å². The number of rotatable bonds is 7. The van der Waals surface area contributed by atoms with E-state index in [9.17, 15) is 9.59 Å². The van der Waals surface area contributed by atoms with Gasteiger partial charge in [-0.1, -0.05) is 42.5 Å². The lowest BCUT2D eigenvalue weighted by Gasteiger charge is -2.15. The first kappa shape index (κ1) is 20.8. The summed E-state index contributed by atoms with van der Waals surface area (Å²) in [4.78, 5) is 31.4. The van der Waals surface area contributed by atoms with Crippen LogP contribution in [-0.4, -0.2) is 27.9 Å². The van der Waals surface area contributed by atoms with E-state index in [1.54, 1.807) is 6.20 Å². The van der Waals surface area contributed by atoms with Crippen molar-refractivity contribution in [3.05, 3.63) is 98.9 Å². The van der Waals surface area contributed by atoms with Gasteiger partial charge in [-0.3, -0.25) is 14.0 Å². The third-order valence-corrected chi connectivity index (χ3v) is 5.78. The van der Waals surface area contributed by atoms with Crippen LogP contribution in [0.1, 0.15) is 33.3 Å². The van der Waals surface area contributed by atoms with Crippen LogP contribution in [0.5, 0.6) is 5.75 Å². The third-order valence-electron chi connectivity index (χ3n) is 4.79. The van der Waals surface area contributed by atoms with Crippen LogP contribution < -0.4 is 15.6 Å². The molecule has 1 amide bonds. The molecule has 2 heterocycles. The van der Waals surface area contributed by atoms with Crippen molar-refractivity contribution in [3.63, 3.8) is 0 Å². The zero-order valence-electron chi connectivity index (χ0n) is 17.4. The standard InChI is InChI=1S/C24H23N3O3S/c1-16-7-6-10-19(11-16)30-15-17(2)26-22(28)21-13-25-24-27(23(21)29)14-20(31-24)12-18-8-4-3-5-9-18/h3-11,13-14,17H,12,15H2,1-2H3,(H,26,28). The first-order chi connectivity index (χ1) is 15.0. The van der Waals surface area contributed by atoms with Crippen LogP contribution in [0.25, 0.3) is 4.96 Å². The average molecular weight is 434 g/mol. The molecule has 0 saturated carbocycles. The number of fused-ring (bicyclic) bond motifs is 1. The molecule has 1 unspecified atom stereocenters. The molecule has 0 aliphatic heterocycles. The van der Waals surface area contributed by atoms with E-state index in [1.807, 2.05) is 68.4 Å². The Hall–Kier alpha value is -3.45. The fourth-order valence-electron chi connectivity index (χ4n) is 3.23. The Morgan fingerprint density at radius 1 is 1.19 bits per heavy atom. The van der Waals surface area contributed by atoms with Gasteiger partial charge >= 0.3 is 0 Å².